The molecule has 19 heavy (non-hydrogen) atoms. The summed E-state index contributed by atoms with van der Waals surface area (Å²) in [5.74, 6) is 2.04. The summed E-state index contributed by atoms with van der Waals surface area (Å²) in [6.45, 7) is 5.81. The minimum absolute atomic E-state index is 0.138. The average Bonchev–Trinajstić information content (AvgIpc) is 3.03. The lowest BCUT2D eigenvalue weighted by molar-refractivity contribution is 0.187. The normalized spacial score (nSPS) is 28.0. The topological polar surface area (TPSA) is 54.2 Å². The van der Waals surface area contributed by atoms with E-state index in [9.17, 15) is 5.11 Å². The largest absolute Gasteiger partial charge is 0.394 e. The van der Waals surface area contributed by atoms with E-state index in [2.05, 4.69) is 18.7 Å². The molecule has 1 saturated heterocycles. The van der Waals surface area contributed by atoms with Gasteiger partial charge in [-0.15, -0.1) is 0 Å². The van der Waals surface area contributed by atoms with Crippen molar-refractivity contribution in [3.8, 4) is 0 Å². The van der Waals surface area contributed by atoms with Crippen molar-refractivity contribution in [2.75, 3.05) is 13.2 Å². The lowest BCUT2D eigenvalue weighted by Gasteiger charge is -2.26. The van der Waals surface area contributed by atoms with Crippen LogP contribution in [0.4, 0.5) is 0 Å². The summed E-state index contributed by atoms with van der Waals surface area (Å²) in [7, 11) is 0. The Labute approximate surface area is 114 Å². The molecule has 0 aromatic carbocycles. The molecule has 0 amide bonds. The van der Waals surface area contributed by atoms with Gasteiger partial charge in [0.05, 0.1) is 18.7 Å². The number of hydrogen-bond donors (Lipinski definition) is 1. The van der Waals surface area contributed by atoms with Crippen molar-refractivity contribution in [1.29, 1.82) is 0 Å². The maximum Gasteiger partial charge on any atom is 0.168 e. The third-order valence-corrected chi connectivity index (χ3v) is 4.47. The fourth-order valence-electron chi connectivity index (χ4n) is 3.45. The highest BCUT2D eigenvalue weighted by atomic mass is 16.3. The Balaban J connectivity index is 1.88. The summed E-state index contributed by atoms with van der Waals surface area (Å²) in [6, 6.07) is 1.05. The lowest BCUT2D eigenvalue weighted by Crippen LogP contribution is -2.31. The molecule has 2 unspecified atom stereocenters. The SMILES string of the molecule is CC(C)N1CCCC1c1nc2n(n1)C(CO)CCC2. The highest BCUT2D eigenvalue weighted by molar-refractivity contribution is 5.05. The highest BCUT2D eigenvalue weighted by Crippen LogP contribution is 2.33. The first kappa shape index (κ1) is 13.1. The molecule has 0 aliphatic carbocycles. The van der Waals surface area contributed by atoms with E-state index in [1.54, 1.807) is 0 Å². The van der Waals surface area contributed by atoms with Crippen LogP contribution in [0.2, 0.25) is 0 Å². The van der Waals surface area contributed by atoms with Crippen molar-refractivity contribution in [3.05, 3.63) is 11.6 Å². The monoisotopic (exact) mass is 264 g/mol. The summed E-state index contributed by atoms with van der Waals surface area (Å²) in [5, 5.41) is 14.2. The van der Waals surface area contributed by atoms with Crippen LogP contribution >= 0.6 is 0 Å². The second kappa shape index (κ2) is 5.21. The van der Waals surface area contributed by atoms with Crippen molar-refractivity contribution in [1.82, 2.24) is 19.7 Å². The molecule has 106 valence electrons. The van der Waals surface area contributed by atoms with E-state index in [0.29, 0.717) is 12.1 Å². The molecule has 2 atom stereocenters. The van der Waals surface area contributed by atoms with Crippen LogP contribution in [0.15, 0.2) is 0 Å². The van der Waals surface area contributed by atoms with Crippen LogP contribution in [0, 0.1) is 0 Å². The van der Waals surface area contributed by atoms with Crippen LogP contribution in [0.5, 0.6) is 0 Å². The number of nitrogens with zero attached hydrogens (tertiary/aromatic N) is 4. The molecule has 1 fully saturated rings. The number of likely N-dealkylation sites (tertiary alicyclic amines) is 1. The fraction of sp³-hybridized carbons (Fsp3) is 0.857. The molecule has 0 bridgehead atoms. The highest BCUT2D eigenvalue weighted by Gasteiger charge is 2.33. The third-order valence-electron chi connectivity index (χ3n) is 4.47. The fourth-order valence-corrected chi connectivity index (χ4v) is 3.45. The number of aliphatic hydroxyl groups excluding tert-OH is 1. The Bertz CT molecular complexity index is 443. The summed E-state index contributed by atoms with van der Waals surface area (Å²) in [4.78, 5) is 7.26. The molecular weight excluding hydrogens is 240 g/mol. The molecule has 3 heterocycles. The van der Waals surface area contributed by atoms with Crippen molar-refractivity contribution in [2.45, 2.75) is 64.1 Å². The van der Waals surface area contributed by atoms with Gasteiger partial charge in [-0.1, -0.05) is 0 Å². The number of aryl methyl sites for hydroxylation is 1. The summed E-state index contributed by atoms with van der Waals surface area (Å²) < 4.78 is 1.98. The van der Waals surface area contributed by atoms with E-state index in [4.69, 9.17) is 10.1 Å². The predicted molar refractivity (Wildman–Crippen MR) is 72.9 cm³/mol. The molecule has 1 aromatic rings. The van der Waals surface area contributed by atoms with Crippen molar-refractivity contribution >= 4 is 0 Å². The van der Waals surface area contributed by atoms with Gasteiger partial charge in [-0.2, -0.15) is 5.10 Å². The summed E-state index contributed by atoms with van der Waals surface area (Å²) >= 11 is 0. The van der Waals surface area contributed by atoms with Crippen LogP contribution in [0.1, 0.15) is 63.3 Å². The molecule has 0 radical (unpaired) electrons. The Hall–Kier alpha value is -0.940. The van der Waals surface area contributed by atoms with Crippen LogP contribution in [0.3, 0.4) is 0 Å². The number of aromatic nitrogens is 3. The lowest BCUT2D eigenvalue weighted by atomic mass is 10.1. The number of aliphatic hydroxyl groups is 1. The Kier molecular flexibility index (Phi) is 3.58. The zero-order valence-electron chi connectivity index (χ0n) is 11.9. The molecule has 2 aliphatic heterocycles. The van der Waals surface area contributed by atoms with Gasteiger partial charge in [0.1, 0.15) is 5.82 Å². The molecule has 5 heteroatoms. The van der Waals surface area contributed by atoms with Crippen LogP contribution in [0.25, 0.3) is 0 Å². The smallest absolute Gasteiger partial charge is 0.168 e. The number of hydrogen-bond acceptors (Lipinski definition) is 4. The average molecular weight is 264 g/mol. The summed E-state index contributed by atoms with van der Waals surface area (Å²) in [6.07, 6.45) is 5.52. The number of rotatable bonds is 3. The van der Waals surface area contributed by atoms with E-state index < -0.39 is 0 Å². The van der Waals surface area contributed by atoms with Gasteiger partial charge in [-0.25, -0.2) is 9.67 Å². The minimum Gasteiger partial charge on any atom is -0.394 e. The molecule has 2 aliphatic rings. The standard InChI is InChI=1S/C14H24N4O/c1-10(2)17-8-4-6-12(17)14-15-13-7-3-5-11(9-19)18(13)16-14/h10-12,19H,3-9H2,1-2H3. The molecule has 1 aromatic heterocycles. The first-order valence-corrected chi connectivity index (χ1v) is 7.52. The third kappa shape index (κ3) is 2.30. The quantitative estimate of drug-likeness (QED) is 0.902. The van der Waals surface area contributed by atoms with E-state index in [1.165, 1.54) is 6.42 Å². The first-order valence-electron chi connectivity index (χ1n) is 7.52. The van der Waals surface area contributed by atoms with Gasteiger partial charge < -0.3 is 5.11 Å². The molecule has 0 spiro atoms. The van der Waals surface area contributed by atoms with Crippen molar-refractivity contribution in [3.63, 3.8) is 0 Å². The van der Waals surface area contributed by atoms with Gasteiger partial charge >= 0.3 is 0 Å². The van der Waals surface area contributed by atoms with E-state index in [-0.39, 0.29) is 12.6 Å². The Morgan fingerprint density at radius 2 is 2.16 bits per heavy atom. The summed E-state index contributed by atoms with van der Waals surface area (Å²) in [5.41, 5.74) is 0. The van der Waals surface area contributed by atoms with E-state index in [0.717, 1.165) is 43.9 Å². The Morgan fingerprint density at radius 3 is 2.89 bits per heavy atom. The predicted octanol–water partition coefficient (Wildman–Crippen LogP) is 1.69. The number of fused-ring (bicyclic) bond motifs is 1. The molecule has 0 saturated carbocycles. The Morgan fingerprint density at radius 1 is 1.32 bits per heavy atom. The second-order valence-electron chi connectivity index (χ2n) is 6.05. The minimum atomic E-state index is 0.138. The van der Waals surface area contributed by atoms with Gasteiger partial charge in [0.15, 0.2) is 5.82 Å². The molecular formula is C14H24N4O. The molecule has 5 nitrogen and oxygen atoms in total. The van der Waals surface area contributed by atoms with E-state index >= 15 is 0 Å². The zero-order valence-corrected chi connectivity index (χ0v) is 11.9. The molecule has 1 N–H and O–H groups in total. The van der Waals surface area contributed by atoms with Gasteiger partial charge in [0.25, 0.3) is 0 Å². The van der Waals surface area contributed by atoms with Gasteiger partial charge in [-0.3, -0.25) is 4.90 Å². The zero-order chi connectivity index (χ0) is 13.4. The van der Waals surface area contributed by atoms with Crippen molar-refractivity contribution < 1.29 is 5.11 Å². The van der Waals surface area contributed by atoms with Gasteiger partial charge in [0, 0.05) is 12.5 Å². The maximum atomic E-state index is 9.45. The van der Waals surface area contributed by atoms with Crippen LogP contribution in [-0.2, 0) is 6.42 Å². The second-order valence-corrected chi connectivity index (χ2v) is 6.05. The van der Waals surface area contributed by atoms with Crippen molar-refractivity contribution in [2.24, 2.45) is 0 Å². The first-order chi connectivity index (χ1) is 9.20. The van der Waals surface area contributed by atoms with Crippen LogP contribution < -0.4 is 0 Å². The molecule has 3 rings (SSSR count). The maximum absolute atomic E-state index is 9.45. The van der Waals surface area contributed by atoms with E-state index in [1.807, 2.05) is 4.68 Å². The van der Waals surface area contributed by atoms with Gasteiger partial charge in [-0.05, 0) is 46.1 Å². The van der Waals surface area contributed by atoms with Gasteiger partial charge in [0.2, 0.25) is 0 Å². The van der Waals surface area contributed by atoms with Crippen LogP contribution in [-0.4, -0.2) is 44.0 Å².